The summed E-state index contributed by atoms with van der Waals surface area (Å²) in [6.45, 7) is 4.29. The summed E-state index contributed by atoms with van der Waals surface area (Å²) in [4.78, 5) is 0. The van der Waals surface area contributed by atoms with Crippen LogP contribution < -0.4 is 5.32 Å². The first kappa shape index (κ1) is 10.5. The lowest BCUT2D eigenvalue weighted by Crippen LogP contribution is -2.27. The second kappa shape index (κ2) is 4.67. The largest absolute Gasteiger partial charge is 0.508 e. The zero-order valence-corrected chi connectivity index (χ0v) is 9.29. The van der Waals surface area contributed by atoms with E-state index in [2.05, 4.69) is 18.3 Å². The van der Waals surface area contributed by atoms with Crippen molar-refractivity contribution < 1.29 is 5.11 Å². The van der Waals surface area contributed by atoms with Crippen molar-refractivity contribution in [2.24, 2.45) is 5.92 Å². The quantitative estimate of drug-likeness (QED) is 0.792. The van der Waals surface area contributed by atoms with Crippen LogP contribution in [0.15, 0.2) is 18.2 Å². The Kier molecular flexibility index (Phi) is 3.27. The Morgan fingerprint density at radius 2 is 2.27 bits per heavy atom. The van der Waals surface area contributed by atoms with E-state index in [1.807, 2.05) is 6.07 Å². The van der Waals surface area contributed by atoms with Crippen molar-refractivity contribution in [1.82, 2.24) is 5.32 Å². The molecule has 1 atom stereocenters. The molecule has 1 unspecified atom stereocenters. The van der Waals surface area contributed by atoms with Crippen LogP contribution in [-0.2, 0) is 12.8 Å². The number of fused-ring (bicyclic) bond motifs is 1. The standard InChI is InChI=1S/C13H19NO/c1-2-14-9-10-3-4-11-5-6-13(15)8-12(11)7-10/h5-6,8,10,14-15H,2-4,7,9H2,1H3. The smallest absolute Gasteiger partial charge is 0.115 e. The molecule has 0 saturated heterocycles. The van der Waals surface area contributed by atoms with E-state index in [-0.39, 0.29) is 0 Å². The van der Waals surface area contributed by atoms with E-state index < -0.39 is 0 Å². The van der Waals surface area contributed by atoms with Gasteiger partial charge in [0.15, 0.2) is 0 Å². The average Bonchev–Trinajstić information content (AvgIpc) is 2.25. The van der Waals surface area contributed by atoms with Crippen molar-refractivity contribution in [3.63, 3.8) is 0 Å². The van der Waals surface area contributed by atoms with Gasteiger partial charge in [0.05, 0.1) is 0 Å². The Hall–Kier alpha value is -1.02. The van der Waals surface area contributed by atoms with E-state index in [1.54, 1.807) is 6.07 Å². The molecule has 2 rings (SSSR count). The third-order valence-corrected chi connectivity index (χ3v) is 3.20. The monoisotopic (exact) mass is 205 g/mol. The number of hydrogen-bond donors (Lipinski definition) is 2. The minimum atomic E-state index is 0.401. The number of aryl methyl sites for hydroxylation is 1. The van der Waals surface area contributed by atoms with E-state index in [1.165, 1.54) is 17.5 Å². The minimum Gasteiger partial charge on any atom is -0.508 e. The fourth-order valence-electron chi connectivity index (χ4n) is 2.34. The highest BCUT2D eigenvalue weighted by atomic mass is 16.3. The van der Waals surface area contributed by atoms with Crippen molar-refractivity contribution in [2.45, 2.75) is 26.2 Å². The van der Waals surface area contributed by atoms with Gasteiger partial charge in [0.2, 0.25) is 0 Å². The third kappa shape index (κ3) is 2.51. The van der Waals surface area contributed by atoms with Crippen LogP contribution in [0.4, 0.5) is 0 Å². The number of rotatable bonds is 3. The molecule has 0 aromatic heterocycles. The van der Waals surface area contributed by atoms with Gasteiger partial charge in [-0.15, -0.1) is 0 Å². The van der Waals surface area contributed by atoms with E-state index in [4.69, 9.17) is 0 Å². The normalized spacial score (nSPS) is 19.9. The molecule has 2 nitrogen and oxygen atoms in total. The van der Waals surface area contributed by atoms with E-state index >= 15 is 0 Å². The van der Waals surface area contributed by atoms with Gasteiger partial charge in [-0.3, -0.25) is 0 Å². The zero-order valence-electron chi connectivity index (χ0n) is 9.29. The summed E-state index contributed by atoms with van der Waals surface area (Å²) < 4.78 is 0. The Morgan fingerprint density at radius 1 is 1.40 bits per heavy atom. The van der Waals surface area contributed by atoms with Gasteiger partial charge in [-0.05, 0) is 61.5 Å². The highest BCUT2D eigenvalue weighted by Gasteiger charge is 2.18. The van der Waals surface area contributed by atoms with Gasteiger partial charge in [0, 0.05) is 0 Å². The molecule has 82 valence electrons. The fraction of sp³-hybridized carbons (Fsp3) is 0.538. The van der Waals surface area contributed by atoms with Gasteiger partial charge < -0.3 is 10.4 Å². The molecule has 0 bridgehead atoms. The van der Waals surface area contributed by atoms with E-state index in [0.717, 1.165) is 31.8 Å². The molecule has 2 heteroatoms. The van der Waals surface area contributed by atoms with Crippen molar-refractivity contribution in [3.05, 3.63) is 29.3 Å². The predicted octanol–water partition coefficient (Wildman–Crippen LogP) is 2.11. The lowest BCUT2D eigenvalue weighted by molar-refractivity contribution is 0.425. The Bertz CT molecular complexity index is 335. The molecular formula is C13H19NO. The molecule has 0 aliphatic heterocycles. The Morgan fingerprint density at radius 3 is 3.07 bits per heavy atom. The molecule has 1 aliphatic rings. The number of phenols is 1. The molecule has 1 aliphatic carbocycles. The van der Waals surface area contributed by atoms with Crippen LogP contribution in [0.3, 0.4) is 0 Å². The van der Waals surface area contributed by atoms with Crippen LogP contribution in [-0.4, -0.2) is 18.2 Å². The molecule has 0 saturated carbocycles. The molecule has 0 fully saturated rings. The minimum absolute atomic E-state index is 0.401. The zero-order chi connectivity index (χ0) is 10.7. The van der Waals surface area contributed by atoms with Gasteiger partial charge in [-0.2, -0.15) is 0 Å². The van der Waals surface area contributed by atoms with Crippen molar-refractivity contribution in [3.8, 4) is 5.75 Å². The molecule has 2 N–H and O–H groups in total. The lowest BCUT2D eigenvalue weighted by Gasteiger charge is -2.24. The molecule has 0 heterocycles. The maximum absolute atomic E-state index is 9.43. The highest BCUT2D eigenvalue weighted by molar-refractivity contribution is 5.36. The van der Waals surface area contributed by atoms with Gasteiger partial charge in [0.1, 0.15) is 5.75 Å². The summed E-state index contributed by atoms with van der Waals surface area (Å²) >= 11 is 0. The molecule has 15 heavy (non-hydrogen) atoms. The van der Waals surface area contributed by atoms with Crippen LogP contribution in [0.25, 0.3) is 0 Å². The summed E-state index contributed by atoms with van der Waals surface area (Å²) in [6, 6.07) is 5.78. The van der Waals surface area contributed by atoms with E-state index in [9.17, 15) is 5.11 Å². The number of nitrogens with one attached hydrogen (secondary N) is 1. The number of hydrogen-bond acceptors (Lipinski definition) is 2. The fourth-order valence-corrected chi connectivity index (χ4v) is 2.34. The highest BCUT2D eigenvalue weighted by Crippen LogP contribution is 2.27. The summed E-state index contributed by atoms with van der Waals surface area (Å²) in [5.74, 6) is 1.14. The Labute approximate surface area is 91.3 Å². The van der Waals surface area contributed by atoms with Gasteiger partial charge in [-0.1, -0.05) is 13.0 Å². The molecule has 0 spiro atoms. The summed E-state index contributed by atoms with van der Waals surface area (Å²) in [5, 5.41) is 12.8. The van der Waals surface area contributed by atoms with Crippen molar-refractivity contribution in [1.29, 1.82) is 0 Å². The predicted molar refractivity (Wildman–Crippen MR) is 62.2 cm³/mol. The van der Waals surface area contributed by atoms with Crippen molar-refractivity contribution >= 4 is 0 Å². The van der Waals surface area contributed by atoms with Crippen LogP contribution in [0.2, 0.25) is 0 Å². The number of phenolic OH excluding ortho intramolecular Hbond substituents is 1. The maximum atomic E-state index is 9.43. The van der Waals surface area contributed by atoms with Crippen LogP contribution in [0, 0.1) is 5.92 Å². The van der Waals surface area contributed by atoms with Crippen LogP contribution >= 0.6 is 0 Å². The first-order chi connectivity index (χ1) is 7.29. The topological polar surface area (TPSA) is 32.3 Å². The summed E-state index contributed by atoms with van der Waals surface area (Å²) in [5.41, 5.74) is 2.75. The van der Waals surface area contributed by atoms with Crippen LogP contribution in [0.5, 0.6) is 5.75 Å². The molecule has 1 aromatic rings. The number of benzene rings is 1. The van der Waals surface area contributed by atoms with Gasteiger partial charge >= 0.3 is 0 Å². The summed E-state index contributed by atoms with van der Waals surface area (Å²) in [7, 11) is 0. The average molecular weight is 205 g/mol. The maximum Gasteiger partial charge on any atom is 0.115 e. The lowest BCUT2D eigenvalue weighted by atomic mass is 9.84. The van der Waals surface area contributed by atoms with Crippen molar-refractivity contribution in [2.75, 3.05) is 13.1 Å². The summed E-state index contributed by atoms with van der Waals surface area (Å²) in [6.07, 6.45) is 3.53. The van der Waals surface area contributed by atoms with Crippen LogP contribution in [0.1, 0.15) is 24.5 Å². The van der Waals surface area contributed by atoms with Gasteiger partial charge in [0.25, 0.3) is 0 Å². The first-order valence-corrected chi connectivity index (χ1v) is 5.81. The third-order valence-electron chi connectivity index (χ3n) is 3.20. The second-order valence-electron chi connectivity index (χ2n) is 4.37. The first-order valence-electron chi connectivity index (χ1n) is 5.81. The molecule has 1 aromatic carbocycles. The molecule has 0 amide bonds. The molecule has 0 radical (unpaired) electrons. The second-order valence-corrected chi connectivity index (χ2v) is 4.37. The van der Waals surface area contributed by atoms with E-state index in [0.29, 0.717) is 5.75 Å². The Balaban J connectivity index is 2.05. The SMILES string of the molecule is CCNCC1CCc2ccc(O)cc2C1. The number of aromatic hydroxyl groups is 1. The van der Waals surface area contributed by atoms with Gasteiger partial charge in [-0.25, -0.2) is 0 Å². The molecular weight excluding hydrogens is 186 g/mol.